The number of methoxy groups -OCH3 is 1. The summed E-state index contributed by atoms with van der Waals surface area (Å²) in [6, 6.07) is 11.8. The maximum Gasteiger partial charge on any atom is 0.251 e. The minimum Gasteiger partial charge on any atom is -0.495 e. The fourth-order valence-corrected chi connectivity index (χ4v) is 2.74. The maximum atomic E-state index is 12.3. The fourth-order valence-electron chi connectivity index (χ4n) is 2.74. The number of hydrogen-bond acceptors (Lipinski definition) is 3. The van der Waals surface area contributed by atoms with Gasteiger partial charge in [0.1, 0.15) is 12.1 Å². The number of carbonyl (C=O) groups is 1. The molecule has 1 heterocycles. The van der Waals surface area contributed by atoms with Gasteiger partial charge >= 0.3 is 0 Å². The predicted octanol–water partition coefficient (Wildman–Crippen LogP) is 3.87. The molecule has 0 aliphatic heterocycles. The molecular weight excluding hydrogens is 314 g/mol. The van der Waals surface area contributed by atoms with Gasteiger partial charge in [-0.2, -0.15) is 0 Å². The Morgan fingerprint density at radius 3 is 2.80 bits per heavy atom. The molecule has 0 spiro atoms. The summed E-state index contributed by atoms with van der Waals surface area (Å²) in [6.07, 6.45) is 2.66. The van der Waals surface area contributed by atoms with Crippen LogP contribution in [0.15, 0.2) is 42.7 Å². The van der Waals surface area contributed by atoms with Crippen molar-refractivity contribution in [3.8, 4) is 11.4 Å². The third kappa shape index (κ3) is 3.36. The first kappa shape index (κ1) is 17.0. The number of hydrogen-bond donors (Lipinski definition) is 1. The Bertz CT molecular complexity index is 914. The Kier molecular flexibility index (Phi) is 4.74. The van der Waals surface area contributed by atoms with Crippen LogP contribution in [0.3, 0.4) is 0 Å². The molecule has 3 aromatic rings. The zero-order chi connectivity index (χ0) is 18.0. The van der Waals surface area contributed by atoms with Gasteiger partial charge in [-0.05, 0) is 56.2 Å². The molecule has 5 nitrogen and oxygen atoms in total. The van der Waals surface area contributed by atoms with Crippen molar-refractivity contribution in [2.45, 2.75) is 33.2 Å². The minimum absolute atomic E-state index is 0.0704. The molecule has 130 valence electrons. The third-order valence-corrected chi connectivity index (χ3v) is 4.39. The van der Waals surface area contributed by atoms with Gasteiger partial charge in [-0.1, -0.05) is 13.0 Å². The van der Waals surface area contributed by atoms with Crippen molar-refractivity contribution in [2.24, 2.45) is 0 Å². The van der Waals surface area contributed by atoms with Crippen LogP contribution in [0.1, 0.15) is 36.2 Å². The molecule has 0 fully saturated rings. The van der Waals surface area contributed by atoms with Crippen LogP contribution in [0.5, 0.6) is 5.75 Å². The molecule has 0 saturated heterocycles. The molecule has 2 aromatic carbocycles. The number of carbonyl (C=O) groups excluding carboxylic acids is 1. The fraction of sp³-hybridized carbons (Fsp3) is 0.300. The number of ether oxygens (including phenoxy) is 1. The van der Waals surface area contributed by atoms with Gasteiger partial charge in [-0.15, -0.1) is 0 Å². The largest absolute Gasteiger partial charge is 0.495 e. The number of fused-ring (bicyclic) bond motifs is 1. The van der Waals surface area contributed by atoms with Crippen molar-refractivity contribution >= 4 is 16.9 Å². The van der Waals surface area contributed by atoms with E-state index in [2.05, 4.69) is 16.4 Å². The van der Waals surface area contributed by atoms with Crippen LogP contribution in [0.2, 0.25) is 0 Å². The van der Waals surface area contributed by atoms with E-state index in [1.54, 1.807) is 13.4 Å². The molecule has 5 heteroatoms. The zero-order valence-electron chi connectivity index (χ0n) is 15.0. The van der Waals surface area contributed by atoms with Gasteiger partial charge in [0.25, 0.3) is 5.91 Å². The van der Waals surface area contributed by atoms with Crippen LogP contribution in [0.25, 0.3) is 16.7 Å². The van der Waals surface area contributed by atoms with Gasteiger partial charge in [-0.25, -0.2) is 4.98 Å². The van der Waals surface area contributed by atoms with E-state index < -0.39 is 0 Å². The van der Waals surface area contributed by atoms with Gasteiger partial charge in [0.2, 0.25) is 0 Å². The summed E-state index contributed by atoms with van der Waals surface area (Å²) in [6.45, 7) is 6.08. The Hall–Kier alpha value is -2.82. The monoisotopic (exact) mass is 337 g/mol. The topological polar surface area (TPSA) is 56.2 Å². The minimum atomic E-state index is -0.0704. The van der Waals surface area contributed by atoms with E-state index in [1.165, 1.54) is 0 Å². The number of aryl methyl sites for hydroxylation is 1. The van der Waals surface area contributed by atoms with Gasteiger partial charge in [-0.3, -0.25) is 9.36 Å². The van der Waals surface area contributed by atoms with E-state index in [0.717, 1.165) is 34.5 Å². The molecule has 1 atom stereocenters. The average molecular weight is 337 g/mol. The van der Waals surface area contributed by atoms with Crippen molar-refractivity contribution in [3.63, 3.8) is 0 Å². The van der Waals surface area contributed by atoms with Crippen molar-refractivity contribution in [2.75, 3.05) is 7.11 Å². The molecule has 0 radical (unpaired) electrons. The first-order valence-electron chi connectivity index (χ1n) is 8.46. The molecule has 0 aliphatic carbocycles. The number of imidazole rings is 1. The highest BCUT2D eigenvalue weighted by molar-refractivity contribution is 5.97. The second-order valence-electron chi connectivity index (χ2n) is 6.28. The predicted molar refractivity (Wildman–Crippen MR) is 99.6 cm³/mol. The molecule has 3 rings (SSSR count). The maximum absolute atomic E-state index is 12.3. The molecule has 1 aromatic heterocycles. The molecule has 0 aliphatic rings. The molecular formula is C20H23N3O2. The molecule has 1 N–H and O–H groups in total. The average Bonchev–Trinajstić information content (AvgIpc) is 3.04. The zero-order valence-corrected chi connectivity index (χ0v) is 15.0. The summed E-state index contributed by atoms with van der Waals surface area (Å²) in [4.78, 5) is 16.8. The van der Waals surface area contributed by atoms with E-state index in [4.69, 9.17) is 4.74 Å². The van der Waals surface area contributed by atoms with Crippen LogP contribution in [0.4, 0.5) is 0 Å². The van der Waals surface area contributed by atoms with E-state index in [0.29, 0.717) is 5.56 Å². The molecule has 0 bridgehead atoms. The van der Waals surface area contributed by atoms with Crippen molar-refractivity contribution in [1.82, 2.24) is 14.9 Å². The highest BCUT2D eigenvalue weighted by Gasteiger charge is 2.13. The standard InChI is InChI=1S/C20H23N3O2/c1-5-14(3)22-20(24)15-7-8-17-16(11-15)21-12-23(17)18-10-13(2)6-9-19(18)25-4/h6-12,14H,5H2,1-4H3,(H,22,24). The normalized spacial score (nSPS) is 12.2. The second-order valence-corrected chi connectivity index (χ2v) is 6.28. The Balaban J connectivity index is 2.01. The Morgan fingerprint density at radius 1 is 1.28 bits per heavy atom. The van der Waals surface area contributed by atoms with E-state index in [9.17, 15) is 4.79 Å². The molecule has 25 heavy (non-hydrogen) atoms. The van der Waals surface area contributed by atoms with Crippen molar-refractivity contribution in [3.05, 3.63) is 53.9 Å². The number of nitrogens with one attached hydrogen (secondary N) is 1. The number of benzene rings is 2. The smallest absolute Gasteiger partial charge is 0.251 e. The van der Waals surface area contributed by atoms with Gasteiger partial charge in [0.15, 0.2) is 0 Å². The van der Waals surface area contributed by atoms with Crippen LogP contribution < -0.4 is 10.1 Å². The molecule has 0 saturated carbocycles. The highest BCUT2D eigenvalue weighted by atomic mass is 16.5. The van der Waals surface area contributed by atoms with Crippen LogP contribution in [-0.2, 0) is 0 Å². The Labute approximate surface area is 147 Å². The lowest BCUT2D eigenvalue weighted by Gasteiger charge is -2.12. The van der Waals surface area contributed by atoms with E-state index in [1.807, 2.05) is 55.7 Å². The number of nitrogens with zero attached hydrogens (tertiary/aromatic N) is 2. The molecule has 1 amide bonds. The number of aromatic nitrogens is 2. The van der Waals surface area contributed by atoms with Gasteiger partial charge in [0.05, 0.1) is 23.8 Å². The van der Waals surface area contributed by atoms with E-state index >= 15 is 0 Å². The molecule has 1 unspecified atom stereocenters. The number of amides is 1. The Morgan fingerprint density at radius 2 is 2.08 bits per heavy atom. The highest BCUT2D eigenvalue weighted by Crippen LogP contribution is 2.27. The summed E-state index contributed by atoms with van der Waals surface area (Å²) in [5.74, 6) is 0.711. The first-order valence-corrected chi connectivity index (χ1v) is 8.46. The summed E-state index contributed by atoms with van der Waals surface area (Å²) in [7, 11) is 1.66. The SMILES string of the molecule is CCC(C)NC(=O)c1ccc2c(c1)ncn2-c1cc(C)ccc1OC. The third-order valence-electron chi connectivity index (χ3n) is 4.39. The quantitative estimate of drug-likeness (QED) is 0.769. The number of rotatable bonds is 5. The van der Waals surface area contributed by atoms with Crippen LogP contribution >= 0.6 is 0 Å². The lowest BCUT2D eigenvalue weighted by molar-refractivity contribution is 0.0939. The second kappa shape index (κ2) is 6.97. The summed E-state index contributed by atoms with van der Waals surface area (Å²) < 4.78 is 7.46. The lowest BCUT2D eigenvalue weighted by atomic mass is 10.1. The van der Waals surface area contributed by atoms with Gasteiger partial charge < -0.3 is 10.1 Å². The van der Waals surface area contributed by atoms with Crippen LogP contribution in [-0.4, -0.2) is 28.6 Å². The van der Waals surface area contributed by atoms with Crippen molar-refractivity contribution in [1.29, 1.82) is 0 Å². The first-order chi connectivity index (χ1) is 12.0. The van der Waals surface area contributed by atoms with Crippen LogP contribution in [0, 0.1) is 6.92 Å². The lowest BCUT2D eigenvalue weighted by Crippen LogP contribution is -2.31. The van der Waals surface area contributed by atoms with E-state index in [-0.39, 0.29) is 11.9 Å². The summed E-state index contributed by atoms with van der Waals surface area (Å²) in [5, 5.41) is 2.98. The summed E-state index contributed by atoms with van der Waals surface area (Å²) >= 11 is 0. The van der Waals surface area contributed by atoms with Crippen molar-refractivity contribution < 1.29 is 9.53 Å². The van der Waals surface area contributed by atoms with Gasteiger partial charge in [0, 0.05) is 11.6 Å². The summed E-state index contributed by atoms with van der Waals surface area (Å²) in [5.41, 5.74) is 4.41.